The Kier molecular flexibility index (Phi) is 10.1. The van der Waals surface area contributed by atoms with Gasteiger partial charge in [0.25, 0.3) is 0 Å². The van der Waals surface area contributed by atoms with E-state index in [1.807, 2.05) is 6.92 Å². The number of Topliss-reactive ketones (excluding diaryl/α,β-unsaturated/α-hetero) is 1. The third-order valence-electron chi connectivity index (χ3n) is 2.16. The Balaban J connectivity index is 0. The molecule has 0 aliphatic carbocycles. The van der Waals surface area contributed by atoms with Crippen molar-refractivity contribution in [3.8, 4) is 0 Å². The van der Waals surface area contributed by atoms with Crippen molar-refractivity contribution >= 4 is 11.8 Å². The molecule has 0 amide bonds. The van der Waals surface area contributed by atoms with E-state index in [0.29, 0.717) is 6.42 Å². The number of carbonyl (C=O) groups is 2. The van der Waals surface area contributed by atoms with Crippen molar-refractivity contribution < 1.29 is 30.0 Å². The van der Waals surface area contributed by atoms with Crippen molar-refractivity contribution in [2.24, 2.45) is 5.41 Å². The quantitative estimate of drug-likeness (QED) is 0.458. The lowest BCUT2D eigenvalue weighted by Gasteiger charge is -2.24. The second-order valence-corrected chi connectivity index (χ2v) is 3.60. The number of aliphatic hydroxyl groups is 3. The molecule has 0 aromatic rings. The Labute approximate surface area is 94.5 Å². The van der Waals surface area contributed by atoms with E-state index >= 15 is 0 Å². The average Bonchev–Trinajstić information content (AvgIpc) is 2.21. The van der Waals surface area contributed by atoms with Crippen molar-refractivity contribution in [1.29, 1.82) is 0 Å². The molecule has 6 nitrogen and oxygen atoms in total. The number of hydrogen-bond acceptors (Lipinski definition) is 5. The largest absolute Gasteiger partial charge is 0.481 e. The topological polar surface area (TPSA) is 115 Å². The minimum absolute atomic E-state index is 0.156. The van der Waals surface area contributed by atoms with Gasteiger partial charge in [-0.1, -0.05) is 6.92 Å². The van der Waals surface area contributed by atoms with Crippen LogP contribution in [0.5, 0.6) is 0 Å². The van der Waals surface area contributed by atoms with Crippen molar-refractivity contribution in [2.75, 3.05) is 19.8 Å². The zero-order valence-electron chi connectivity index (χ0n) is 9.64. The highest BCUT2D eigenvalue weighted by molar-refractivity contribution is 5.93. The lowest BCUT2D eigenvalue weighted by Crippen LogP contribution is -2.32. The molecule has 16 heavy (non-hydrogen) atoms. The number of aliphatic carboxylic acids is 1. The Hall–Kier alpha value is -0.980. The van der Waals surface area contributed by atoms with Crippen LogP contribution in [0, 0.1) is 5.41 Å². The highest BCUT2D eigenvalue weighted by Crippen LogP contribution is 2.18. The molecule has 0 rings (SSSR count). The molecule has 0 aliphatic heterocycles. The summed E-state index contributed by atoms with van der Waals surface area (Å²) in [6.45, 7) is 2.60. The zero-order chi connectivity index (χ0) is 13.2. The van der Waals surface area contributed by atoms with E-state index in [-0.39, 0.29) is 32.0 Å². The van der Waals surface area contributed by atoms with Crippen molar-refractivity contribution in [2.45, 2.75) is 26.7 Å². The lowest BCUT2D eigenvalue weighted by molar-refractivity contribution is -0.139. The van der Waals surface area contributed by atoms with Crippen molar-refractivity contribution in [1.82, 2.24) is 0 Å². The number of hydrogen-bond donors (Lipinski definition) is 4. The van der Waals surface area contributed by atoms with Crippen LogP contribution in [0.2, 0.25) is 0 Å². The van der Waals surface area contributed by atoms with E-state index in [9.17, 15) is 9.59 Å². The molecule has 0 atom stereocenters. The summed E-state index contributed by atoms with van der Waals surface area (Å²) in [4.78, 5) is 19.5. The first kappa shape index (κ1) is 17.4. The molecule has 96 valence electrons. The molecule has 0 aliphatic rings. The van der Waals surface area contributed by atoms with Crippen LogP contribution in [0.25, 0.3) is 0 Å². The molecule has 0 saturated carbocycles. The smallest absolute Gasteiger partial charge is 0.310 e. The molecule has 0 spiro atoms. The number of carbonyl (C=O) groups excluding carboxylic acids is 1. The third-order valence-corrected chi connectivity index (χ3v) is 2.16. The first-order valence-corrected chi connectivity index (χ1v) is 4.91. The molecule has 0 radical (unpaired) electrons. The van der Waals surface area contributed by atoms with Gasteiger partial charge in [0.15, 0.2) is 0 Å². The number of rotatable bonds is 6. The van der Waals surface area contributed by atoms with Crippen molar-refractivity contribution in [3.05, 3.63) is 0 Å². The normalized spacial score (nSPS) is 10.3. The van der Waals surface area contributed by atoms with Crippen LogP contribution in [0.3, 0.4) is 0 Å². The number of aliphatic hydroxyl groups excluding tert-OH is 3. The van der Waals surface area contributed by atoms with Gasteiger partial charge in [0.05, 0.1) is 19.8 Å². The highest BCUT2D eigenvalue weighted by atomic mass is 16.4. The summed E-state index contributed by atoms with van der Waals surface area (Å²) in [5.41, 5.74) is -0.667. The van der Waals surface area contributed by atoms with Crippen LogP contribution in [0.15, 0.2) is 0 Å². The van der Waals surface area contributed by atoms with Gasteiger partial charge in [-0.15, -0.1) is 0 Å². The highest BCUT2D eigenvalue weighted by Gasteiger charge is 2.24. The van der Waals surface area contributed by atoms with Crippen LogP contribution < -0.4 is 0 Å². The van der Waals surface area contributed by atoms with Gasteiger partial charge in [-0.25, -0.2) is 0 Å². The van der Waals surface area contributed by atoms with E-state index in [4.69, 9.17) is 20.4 Å². The van der Waals surface area contributed by atoms with Gasteiger partial charge in [0, 0.05) is 5.41 Å². The fourth-order valence-electron chi connectivity index (χ4n) is 0.698. The predicted octanol–water partition coefficient (Wildman–Crippen LogP) is -0.590. The van der Waals surface area contributed by atoms with Gasteiger partial charge in [-0.05, 0) is 13.3 Å². The van der Waals surface area contributed by atoms with Crippen LogP contribution in [0.1, 0.15) is 26.7 Å². The Morgan fingerprint density at radius 1 is 1.06 bits per heavy atom. The molecule has 0 heterocycles. The molecule has 6 heteroatoms. The summed E-state index contributed by atoms with van der Waals surface area (Å²) in [5, 5.41) is 33.8. The SMILES string of the molecule is CC(=O)CC(=O)O.CCC(CO)(CO)CO. The lowest BCUT2D eigenvalue weighted by atomic mass is 9.88. The molecule has 0 bridgehead atoms. The average molecular weight is 236 g/mol. The number of carboxylic acid groups (broad SMARTS) is 1. The zero-order valence-corrected chi connectivity index (χ0v) is 9.64. The van der Waals surface area contributed by atoms with E-state index < -0.39 is 11.4 Å². The molecule has 0 aromatic heterocycles. The summed E-state index contributed by atoms with van der Waals surface area (Å²) in [5.74, 6) is -1.37. The summed E-state index contributed by atoms with van der Waals surface area (Å²) < 4.78 is 0. The first-order chi connectivity index (χ1) is 7.37. The van der Waals surface area contributed by atoms with E-state index in [1.165, 1.54) is 6.92 Å². The van der Waals surface area contributed by atoms with Crippen LogP contribution in [0.4, 0.5) is 0 Å². The summed E-state index contributed by atoms with van der Waals surface area (Å²) in [6, 6.07) is 0. The summed E-state index contributed by atoms with van der Waals surface area (Å²) in [7, 11) is 0. The van der Waals surface area contributed by atoms with Gasteiger partial charge in [0.1, 0.15) is 12.2 Å². The number of carboxylic acids is 1. The molecular formula is C10H20O6. The summed E-state index contributed by atoms with van der Waals surface area (Å²) >= 11 is 0. The van der Waals surface area contributed by atoms with Crippen molar-refractivity contribution in [3.63, 3.8) is 0 Å². The van der Waals surface area contributed by atoms with Gasteiger partial charge >= 0.3 is 5.97 Å². The predicted molar refractivity (Wildman–Crippen MR) is 56.9 cm³/mol. The first-order valence-electron chi connectivity index (χ1n) is 4.91. The fourth-order valence-corrected chi connectivity index (χ4v) is 0.698. The maximum Gasteiger partial charge on any atom is 0.310 e. The monoisotopic (exact) mass is 236 g/mol. The van der Waals surface area contributed by atoms with Crippen LogP contribution >= 0.6 is 0 Å². The fraction of sp³-hybridized carbons (Fsp3) is 0.800. The van der Waals surface area contributed by atoms with Gasteiger partial charge in [0.2, 0.25) is 0 Å². The molecule has 4 N–H and O–H groups in total. The van der Waals surface area contributed by atoms with E-state index in [1.54, 1.807) is 0 Å². The molecular weight excluding hydrogens is 216 g/mol. The van der Waals surface area contributed by atoms with Gasteiger partial charge in [-0.3, -0.25) is 9.59 Å². The molecule has 0 unspecified atom stereocenters. The van der Waals surface area contributed by atoms with Gasteiger partial charge in [-0.2, -0.15) is 0 Å². The Morgan fingerprint density at radius 2 is 1.44 bits per heavy atom. The molecule has 0 fully saturated rings. The minimum atomic E-state index is -1.06. The van der Waals surface area contributed by atoms with Gasteiger partial charge < -0.3 is 20.4 Å². The molecule has 0 aromatic carbocycles. The Morgan fingerprint density at radius 3 is 1.44 bits per heavy atom. The Bertz CT molecular complexity index is 180. The van der Waals surface area contributed by atoms with E-state index in [0.717, 1.165) is 0 Å². The summed E-state index contributed by atoms with van der Waals surface area (Å²) in [6.07, 6.45) is 0.233. The second kappa shape index (κ2) is 9.26. The van der Waals surface area contributed by atoms with Crippen LogP contribution in [-0.2, 0) is 9.59 Å². The number of ketones is 1. The maximum absolute atomic E-state index is 9.87. The third kappa shape index (κ3) is 8.34. The van der Waals surface area contributed by atoms with Crippen LogP contribution in [-0.4, -0.2) is 52.0 Å². The minimum Gasteiger partial charge on any atom is -0.481 e. The molecule has 0 saturated heterocycles. The maximum atomic E-state index is 9.87. The second-order valence-electron chi connectivity index (χ2n) is 3.60. The van der Waals surface area contributed by atoms with E-state index in [2.05, 4.69) is 0 Å². The standard InChI is InChI=1S/C6H14O3.C4H6O3/c1-2-6(3-7,4-8)5-9;1-3(5)2-4(6)7/h7-9H,2-5H2,1H3;2H2,1H3,(H,6,7).